The molecule has 0 aromatic heterocycles. The van der Waals surface area contributed by atoms with Crippen LogP contribution in [0.25, 0.3) is 0 Å². The van der Waals surface area contributed by atoms with Gasteiger partial charge in [0.25, 0.3) is 0 Å². The van der Waals surface area contributed by atoms with Crippen molar-refractivity contribution in [1.82, 2.24) is 0 Å². The monoisotopic (exact) mass is 314 g/mol. The van der Waals surface area contributed by atoms with Gasteiger partial charge < -0.3 is 9.68 Å². The minimum Gasteiger partial charge on any atom is -0.423 e. The van der Waals surface area contributed by atoms with Gasteiger partial charge in [-0.25, -0.2) is 8.42 Å². The Morgan fingerprint density at radius 1 is 1.27 bits per heavy atom. The van der Waals surface area contributed by atoms with Crippen molar-refractivity contribution in [2.45, 2.75) is 24.2 Å². The molecule has 2 aromatic rings. The summed E-state index contributed by atoms with van der Waals surface area (Å²) < 4.78 is 30.2. The average Bonchev–Trinajstić information content (AvgIpc) is 2.79. The molecule has 1 aliphatic rings. The summed E-state index contributed by atoms with van der Waals surface area (Å²) in [5, 5.41) is 9.70. The minimum absolute atomic E-state index is 0.135. The van der Waals surface area contributed by atoms with Gasteiger partial charge in [0.05, 0.1) is 17.3 Å². The fourth-order valence-electron chi connectivity index (χ4n) is 2.60. The number of aryl methyl sites for hydroxylation is 1. The molecule has 0 saturated heterocycles. The zero-order valence-electron chi connectivity index (χ0n) is 12.1. The Balaban J connectivity index is 1.93. The van der Waals surface area contributed by atoms with E-state index in [1.165, 1.54) is 6.07 Å². The van der Waals surface area contributed by atoms with Gasteiger partial charge in [-0.1, -0.05) is 35.9 Å². The van der Waals surface area contributed by atoms with Gasteiger partial charge in [0.2, 0.25) is 0 Å². The van der Waals surface area contributed by atoms with Crippen molar-refractivity contribution >= 4 is 22.4 Å². The molecule has 3 rings (SSSR count). The summed E-state index contributed by atoms with van der Waals surface area (Å²) in [5.74, 6) is -0.166. The Morgan fingerprint density at radius 2 is 2.05 bits per heavy atom. The molecule has 0 saturated carbocycles. The van der Waals surface area contributed by atoms with E-state index in [4.69, 9.17) is 11.6 Å². The standard InChI is InChI=1S/C16H15BO4S/c1-11-3-6-16(12(2)7-11)22(19,20)10-13-4-5-14-9-21-17(18)15(14)8-13/h2-8,18H,9-10H2,1H3. The molecule has 0 amide bonds. The van der Waals surface area contributed by atoms with Crippen molar-refractivity contribution < 1.29 is 18.1 Å². The van der Waals surface area contributed by atoms with E-state index in [-0.39, 0.29) is 16.2 Å². The summed E-state index contributed by atoms with van der Waals surface area (Å²) in [7, 11) is -4.53. The lowest BCUT2D eigenvalue weighted by atomic mass is 9.79. The Kier molecular flexibility index (Phi) is 3.84. The third kappa shape index (κ3) is 2.82. The predicted molar refractivity (Wildman–Crippen MR) is 84.3 cm³/mol. The number of rotatable bonds is 3. The molecule has 6 heteroatoms. The van der Waals surface area contributed by atoms with Gasteiger partial charge in [0.15, 0.2) is 9.84 Å². The van der Waals surface area contributed by atoms with E-state index >= 15 is 0 Å². The van der Waals surface area contributed by atoms with Crippen molar-refractivity contribution in [3.8, 4) is 0 Å². The molecular formula is C16H15BO4S. The van der Waals surface area contributed by atoms with Crippen LogP contribution in [0.2, 0.25) is 0 Å². The smallest absolute Gasteiger partial charge is 0.423 e. The van der Waals surface area contributed by atoms with Crippen LogP contribution < -0.4 is 5.46 Å². The van der Waals surface area contributed by atoms with Crippen molar-refractivity contribution in [3.05, 3.63) is 65.6 Å². The number of hydrogen-bond acceptors (Lipinski definition) is 4. The van der Waals surface area contributed by atoms with E-state index in [0.717, 1.165) is 11.1 Å². The highest BCUT2D eigenvalue weighted by molar-refractivity contribution is 7.90. The molecule has 1 heterocycles. The molecule has 0 unspecified atom stereocenters. The second-order valence-electron chi connectivity index (χ2n) is 5.50. The van der Waals surface area contributed by atoms with Crippen LogP contribution in [0.4, 0.5) is 0 Å². The van der Waals surface area contributed by atoms with Crippen LogP contribution in [0.1, 0.15) is 22.3 Å². The van der Waals surface area contributed by atoms with E-state index in [0.29, 0.717) is 17.6 Å². The lowest BCUT2D eigenvalue weighted by Gasteiger charge is -2.09. The molecule has 1 N–H and O–H groups in total. The first-order valence-electron chi connectivity index (χ1n) is 6.87. The maximum Gasteiger partial charge on any atom is 0.491 e. The molecule has 0 atom stereocenters. The zero-order chi connectivity index (χ0) is 15.9. The number of hydrogen-bond donors (Lipinski definition) is 1. The van der Waals surface area contributed by atoms with Crippen molar-refractivity contribution in [2.75, 3.05) is 0 Å². The van der Waals surface area contributed by atoms with E-state index in [1.54, 1.807) is 30.3 Å². The minimum atomic E-state index is -3.54. The Hall–Kier alpha value is -1.63. The van der Waals surface area contributed by atoms with E-state index < -0.39 is 17.0 Å². The zero-order valence-corrected chi connectivity index (χ0v) is 12.9. The second kappa shape index (κ2) is 5.54. The highest BCUT2D eigenvalue weighted by Gasteiger charge is 2.28. The first-order valence-corrected chi connectivity index (χ1v) is 8.52. The molecule has 2 aromatic carbocycles. The Bertz CT molecular complexity index is 830. The Labute approximate surface area is 130 Å². The van der Waals surface area contributed by atoms with Gasteiger partial charge in [-0.05, 0) is 35.1 Å². The van der Waals surface area contributed by atoms with E-state index in [1.807, 2.05) is 6.92 Å². The topological polar surface area (TPSA) is 63.6 Å². The van der Waals surface area contributed by atoms with Crippen LogP contribution in [0, 0.1) is 13.8 Å². The lowest BCUT2D eigenvalue weighted by Crippen LogP contribution is -2.28. The molecular weight excluding hydrogens is 299 g/mol. The Morgan fingerprint density at radius 3 is 2.77 bits per heavy atom. The first-order chi connectivity index (χ1) is 10.4. The highest BCUT2D eigenvalue weighted by atomic mass is 32.2. The molecule has 0 aliphatic carbocycles. The van der Waals surface area contributed by atoms with Gasteiger partial charge in [-0.3, -0.25) is 0 Å². The van der Waals surface area contributed by atoms with Crippen LogP contribution in [0.3, 0.4) is 0 Å². The summed E-state index contributed by atoms with van der Waals surface area (Å²) in [6.07, 6.45) is 0. The maximum atomic E-state index is 12.5. The SMILES string of the molecule is [CH]c1cc(C)ccc1S(=O)(=O)Cc1ccc2c(c1)B(O)OC2. The normalized spacial score (nSPS) is 14.2. The molecule has 2 radical (unpaired) electrons. The van der Waals surface area contributed by atoms with Crippen LogP contribution in [0.15, 0.2) is 41.3 Å². The van der Waals surface area contributed by atoms with Crippen LogP contribution in [0.5, 0.6) is 0 Å². The van der Waals surface area contributed by atoms with Gasteiger partial charge >= 0.3 is 7.12 Å². The van der Waals surface area contributed by atoms with Crippen molar-refractivity contribution in [2.24, 2.45) is 0 Å². The molecule has 22 heavy (non-hydrogen) atoms. The molecule has 0 spiro atoms. The quantitative estimate of drug-likeness (QED) is 0.866. The van der Waals surface area contributed by atoms with Gasteiger partial charge in [0, 0.05) is 6.92 Å². The second-order valence-corrected chi connectivity index (χ2v) is 7.45. The lowest BCUT2D eigenvalue weighted by molar-refractivity contribution is 0.275. The largest absolute Gasteiger partial charge is 0.491 e. The van der Waals surface area contributed by atoms with Crippen LogP contribution in [-0.2, 0) is 26.9 Å². The van der Waals surface area contributed by atoms with Crippen molar-refractivity contribution in [3.63, 3.8) is 0 Å². The summed E-state index contributed by atoms with van der Waals surface area (Å²) in [6, 6.07) is 10.1. The maximum absolute atomic E-state index is 12.5. The van der Waals surface area contributed by atoms with E-state index in [9.17, 15) is 13.4 Å². The first kappa shape index (κ1) is 15.3. The number of sulfone groups is 1. The van der Waals surface area contributed by atoms with Gasteiger partial charge in [-0.2, -0.15) is 0 Å². The van der Waals surface area contributed by atoms with Crippen LogP contribution >= 0.6 is 0 Å². The fourth-order valence-corrected chi connectivity index (χ4v) is 4.07. The molecule has 112 valence electrons. The predicted octanol–water partition coefficient (Wildman–Crippen LogP) is 1.25. The third-order valence-electron chi connectivity index (χ3n) is 3.73. The fraction of sp³-hybridized carbons (Fsp3) is 0.188. The molecule has 4 nitrogen and oxygen atoms in total. The van der Waals surface area contributed by atoms with Crippen LogP contribution in [-0.4, -0.2) is 20.6 Å². The molecule has 0 bridgehead atoms. The third-order valence-corrected chi connectivity index (χ3v) is 5.49. The van der Waals surface area contributed by atoms with Gasteiger partial charge in [0.1, 0.15) is 0 Å². The number of benzene rings is 2. The summed E-state index contributed by atoms with van der Waals surface area (Å²) in [4.78, 5) is 0.135. The highest BCUT2D eigenvalue weighted by Crippen LogP contribution is 2.22. The van der Waals surface area contributed by atoms with E-state index in [2.05, 4.69) is 0 Å². The summed E-state index contributed by atoms with van der Waals surface area (Å²) >= 11 is 0. The van der Waals surface area contributed by atoms with Gasteiger partial charge in [-0.15, -0.1) is 0 Å². The average molecular weight is 314 g/mol. The summed E-state index contributed by atoms with van der Waals surface area (Å²) in [6.45, 7) is 8.03. The summed E-state index contributed by atoms with van der Waals surface area (Å²) in [5.41, 5.74) is 3.27. The molecule has 1 aliphatic heterocycles. The van der Waals surface area contributed by atoms with Crippen molar-refractivity contribution in [1.29, 1.82) is 0 Å². The molecule has 0 fully saturated rings. The number of fused-ring (bicyclic) bond motifs is 1.